The molecule has 0 heterocycles. The summed E-state index contributed by atoms with van der Waals surface area (Å²) in [4.78, 5) is 11.6. The van der Waals surface area contributed by atoms with E-state index in [9.17, 15) is 4.79 Å². The Kier molecular flexibility index (Phi) is 20.0. The first-order valence-corrected chi connectivity index (χ1v) is 11.3. The van der Waals surface area contributed by atoms with E-state index in [0.717, 1.165) is 13.0 Å². The van der Waals surface area contributed by atoms with Crippen LogP contribution in [0.15, 0.2) is 12.2 Å². The number of nitrogens with one attached hydrogen (secondary N) is 1. The van der Waals surface area contributed by atoms with Crippen LogP contribution < -0.4 is 17.7 Å². The fourth-order valence-electron chi connectivity index (χ4n) is 3.67. The van der Waals surface area contributed by atoms with Crippen LogP contribution in [0.4, 0.5) is 0 Å². The number of hydrogen-bond acceptors (Lipinski definition) is 1. The van der Waals surface area contributed by atoms with E-state index in [2.05, 4.69) is 32.7 Å². The molecule has 0 aromatic rings. The summed E-state index contributed by atoms with van der Waals surface area (Å²) in [5, 5.41) is 2.96. The third-order valence-electron chi connectivity index (χ3n) is 5.81. The lowest BCUT2D eigenvalue weighted by Gasteiger charge is -2.37. The van der Waals surface area contributed by atoms with Gasteiger partial charge in [-0.15, -0.1) is 0 Å². The zero-order valence-electron chi connectivity index (χ0n) is 18.8. The monoisotopic (exact) mass is 402 g/mol. The minimum Gasteiger partial charge on any atom is -1.00 e. The van der Waals surface area contributed by atoms with Gasteiger partial charge in [0.1, 0.15) is 0 Å². The minimum atomic E-state index is -0.00853. The molecule has 4 heteroatoms. The van der Waals surface area contributed by atoms with E-state index in [0.29, 0.717) is 5.57 Å². The molecule has 1 N–H and O–H groups in total. The Bertz CT molecular complexity index is 367. The lowest BCUT2D eigenvalue weighted by molar-refractivity contribution is -0.925. The van der Waals surface area contributed by atoms with E-state index < -0.39 is 0 Å². The van der Waals surface area contributed by atoms with E-state index in [-0.39, 0.29) is 18.3 Å². The van der Waals surface area contributed by atoms with Crippen LogP contribution in [-0.2, 0) is 4.79 Å². The van der Waals surface area contributed by atoms with E-state index >= 15 is 0 Å². The van der Waals surface area contributed by atoms with Gasteiger partial charge in [-0.2, -0.15) is 0 Å². The molecule has 0 saturated carbocycles. The van der Waals surface area contributed by atoms with Crippen LogP contribution in [0.25, 0.3) is 0 Å². The zero-order valence-corrected chi connectivity index (χ0v) is 19.5. The van der Waals surface area contributed by atoms with Crippen molar-refractivity contribution >= 4 is 5.91 Å². The van der Waals surface area contributed by atoms with Crippen LogP contribution in [-0.4, -0.2) is 43.1 Å². The van der Waals surface area contributed by atoms with Crippen molar-refractivity contribution in [3.63, 3.8) is 0 Å². The second kappa shape index (κ2) is 18.8. The van der Waals surface area contributed by atoms with Gasteiger partial charge in [-0.1, -0.05) is 64.9 Å². The van der Waals surface area contributed by atoms with Gasteiger partial charge in [-0.05, 0) is 33.6 Å². The lowest BCUT2D eigenvalue weighted by atomic mass is 10.1. The quantitative estimate of drug-likeness (QED) is 0.213. The molecule has 0 radical (unpaired) electrons. The number of rotatable bonds is 18. The number of nitrogens with zero attached hydrogens (tertiary/aromatic N) is 1. The summed E-state index contributed by atoms with van der Waals surface area (Å²) in [5.74, 6) is -0.00853. The van der Waals surface area contributed by atoms with Gasteiger partial charge in [-0.3, -0.25) is 4.79 Å². The van der Waals surface area contributed by atoms with E-state index in [1.54, 1.807) is 6.92 Å². The molecule has 0 spiro atoms. The van der Waals surface area contributed by atoms with Gasteiger partial charge in [0.25, 0.3) is 0 Å². The third kappa shape index (κ3) is 15.1. The van der Waals surface area contributed by atoms with Crippen LogP contribution >= 0.6 is 0 Å². The molecule has 0 aliphatic rings. The predicted molar refractivity (Wildman–Crippen MR) is 115 cm³/mol. The first kappa shape index (κ1) is 28.7. The molecule has 3 nitrogen and oxygen atoms in total. The van der Waals surface area contributed by atoms with Crippen molar-refractivity contribution in [2.45, 2.75) is 98.3 Å². The first-order chi connectivity index (χ1) is 12.5. The van der Waals surface area contributed by atoms with Gasteiger partial charge in [0.2, 0.25) is 5.91 Å². The highest BCUT2D eigenvalue weighted by Crippen LogP contribution is 2.14. The average molecular weight is 403 g/mol. The van der Waals surface area contributed by atoms with Crippen molar-refractivity contribution in [1.82, 2.24) is 5.32 Å². The summed E-state index contributed by atoms with van der Waals surface area (Å²) in [6.45, 7) is 18.0. The number of carbonyl (C=O) groups is 1. The van der Waals surface area contributed by atoms with Crippen LogP contribution in [0.2, 0.25) is 0 Å². The minimum absolute atomic E-state index is 0. The van der Waals surface area contributed by atoms with E-state index in [1.165, 1.54) is 94.9 Å². The van der Waals surface area contributed by atoms with E-state index in [1.807, 2.05) is 0 Å². The topological polar surface area (TPSA) is 29.1 Å². The molecule has 0 aliphatic heterocycles. The largest absolute Gasteiger partial charge is 1.00 e. The van der Waals surface area contributed by atoms with Crippen molar-refractivity contribution in [1.29, 1.82) is 0 Å². The molecule has 0 aliphatic carbocycles. The Balaban J connectivity index is 0. The number of unbranched alkanes of at least 4 members (excludes halogenated alkanes) is 9. The van der Waals surface area contributed by atoms with Gasteiger partial charge in [0.15, 0.2) is 0 Å². The molecule has 162 valence electrons. The fraction of sp³-hybridized carbons (Fsp3) is 0.870. The zero-order chi connectivity index (χ0) is 19.7. The average Bonchev–Trinajstić information content (AvgIpc) is 2.64. The summed E-state index contributed by atoms with van der Waals surface area (Å²) in [6, 6.07) is 0. The number of quaternary nitrogens is 1. The Morgan fingerprint density at radius 1 is 0.778 bits per heavy atom. The number of halogens is 1. The van der Waals surface area contributed by atoms with Gasteiger partial charge >= 0.3 is 0 Å². The molecule has 0 unspecified atom stereocenters. The van der Waals surface area contributed by atoms with Crippen molar-refractivity contribution < 1.29 is 21.7 Å². The summed E-state index contributed by atoms with van der Waals surface area (Å²) >= 11 is 0. The highest BCUT2D eigenvalue weighted by molar-refractivity contribution is 5.91. The van der Waals surface area contributed by atoms with Gasteiger partial charge in [0, 0.05) is 18.5 Å². The Labute approximate surface area is 176 Å². The molecule has 0 saturated heterocycles. The molecule has 0 rings (SSSR count). The molecule has 1 amide bonds. The van der Waals surface area contributed by atoms with Crippen LogP contribution in [0.1, 0.15) is 98.3 Å². The summed E-state index contributed by atoms with van der Waals surface area (Å²) < 4.78 is 1.19. The molecule has 0 atom stereocenters. The number of amides is 1. The molecule has 27 heavy (non-hydrogen) atoms. The van der Waals surface area contributed by atoms with Crippen molar-refractivity contribution in [2.24, 2.45) is 0 Å². The maximum atomic E-state index is 11.6. The van der Waals surface area contributed by atoms with Crippen LogP contribution in [0.5, 0.6) is 0 Å². The SMILES string of the molecule is C=C(C)C(=O)NCCC[N+](CC)(CC)CCCCCCCCCCCC.[Cl-]. The standard InChI is InChI=1S/C23H46N2O.ClH/c1-6-9-10-11-12-13-14-15-16-17-20-25(7-2,8-3)21-18-19-24-23(26)22(4)5;/h4,6-21H2,1-3,5H3;1H. The van der Waals surface area contributed by atoms with Crippen molar-refractivity contribution in [3.05, 3.63) is 12.2 Å². The molecule has 0 aromatic carbocycles. The fourth-order valence-corrected chi connectivity index (χ4v) is 3.67. The summed E-state index contributed by atoms with van der Waals surface area (Å²) in [6.07, 6.45) is 15.0. The molecular weight excluding hydrogens is 356 g/mol. The summed E-state index contributed by atoms with van der Waals surface area (Å²) in [5.41, 5.74) is 0.599. The van der Waals surface area contributed by atoms with E-state index in [4.69, 9.17) is 0 Å². The number of carbonyl (C=O) groups excluding carboxylic acids is 1. The molecule has 0 fully saturated rings. The van der Waals surface area contributed by atoms with Crippen molar-refractivity contribution in [2.75, 3.05) is 32.7 Å². The third-order valence-corrected chi connectivity index (χ3v) is 5.81. The predicted octanol–water partition coefficient (Wildman–Crippen LogP) is 2.85. The smallest absolute Gasteiger partial charge is 0.246 e. The maximum absolute atomic E-state index is 11.6. The van der Waals surface area contributed by atoms with Crippen LogP contribution in [0, 0.1) is 0 Å². The molecular formula is C23H47ClN2O. The van der Waals surface area contributed by atoms with Crippen LogP contribution in [0.3, 0.4) is 0 Å². The maximum Gasteiger partial charge on any atom is 0.246 e. The molecule has 0 aromatic heterocycles. The number of hydrogen-bond donors (Lipinski definition) is 1. The Hall–Kier alpha value is -0.540. The Morgan fingerprint density at radius 2 is 1.22 bits per heavy atom. The highest BCUT2D eigenvalue weighted by Gasteiger charge is 2.21. The van der Waals surface area contributed by atoms with Gasteiger partial charge in [0.05, 0.1) is 26.2 Å². The second-order valence-electron chi connectivity index (χ2n) is 7.99. The first-order valence-electron chi connectivity index (χ1n) is 11.3. The normalized spacial score (nSPS) is 11.1. The van der Waals surface area contributed by atoms with Gasteiger partial charge < -0.3 is 22.2 Å². The second-order valence-corrected chi connectivity index (χ2v) is 7.99. The van der Waals surface area contributed by atoms with Gasteiger partial charge in [-0.25, -0.2) is 0 Å². The Morgan fingerprint density at radius 3 is 1.67 bits per heavy atom. The highest BCUT2D eigenvalue weighted by atomic mass is 35.5. The molecule has 0 bridgehead atoms. The van der Waals surface area contributed by atoms with Crippen molar-refractivity contribution in [3.8, 4) is 0 Å². The summed E-state index contributed by atoms with van der Waals surface area (Å²) in [7, 11) is 0. The lowest BCUT2D eigenvalue weighted by Crippen LogP contribution is -3.00.